The van der Waals surface area contributed by atoms with Crippen LogP contribution in [0, 0.1) is 35.0 Å². The lowest BCUT2D eigenvalue weighted by atomic mass is 9.55. The third kappa shape index (κ3) is 6.35. The smallest absolute Gasteiger partial charge is 0.355 e. The van der Waals surface area contributed by atoms with E-state index >= 15 is 13.2 Å². The molecule has 4 nitrogen and oxygen atoms in total. The molecule has 4 aliphatic rings. The molecular weight excluding hydrogens is 663 g/mol. The quantitative estimate of drug-likeness (QED) is 0.167. The number of alkyl halides is 6. The lowest BCUT2D eigenvalue weighted by Gasteiger charge is -2.55. The average Bonchev–Trinajstić information content (AvgIpc) is 3.07. The molecule has 0 heterocycles. The van der Waals surface area contributed by atoms with E-state index in [4.69, 9.17) is 8.37 Å². The van der Waals surface area contributed by atoms with Crippen LogP contribution in [0.25, 0.3) is 0 Å². The molecule has 256 valence electrons. The molecule has 7 rings (SSSR count). The number of ether oxygens (including phenoxy) is 1. The van der Waals surface area contributed by atoms with Gasteiger partial charge in [0.25, 0.3) is 0 Å². The van der Waals surface area contributed by atoms with E-state index in [0.717, 1.165) is 6.42 Å². The van der Waals surface area contributed by atoms with E-state index in [0.29, 0.717) is 52.2 Å². The molecule has 4 aliphatic carbocycles. The van der Waals surface area contributed by atoms with Crippen molar-refractivity contribution in [3.63, 3.8) is 0 Å². The lowest BCUT2D eigenvalue weighted by Crippen LogP contribution is -2.58. The summed E-state index contributed by atoms with van der Waals surface area (Å²) in [5, 5.41) is 0. The predicted octanol–water partition coefficient (Wildman–Crippen LogP) is 9.47. The third-order valence-electron chi connectivity index (χ3n) is 10.2. The average molecular weight is 701 g/mol. The molecule has 0 N–H and O–H groups in total. The van der Waals surface area contributed by atoms with Crippen molar-refractivity contribution >= 4 is 20.4 Å². The SMILES string of the molecule is O=S(=O)(OS(c1ccccc1)(c1ccccc1)c1ccccc1)C(OC1C2CC3CC(C2)CC1C3)C(C(F)(F)F)C(CF)(CF)CF. The Hall–Kier alpha value is -2.54. The highest BCUT2D eigenvalue weighted by atomic mass is 32.3. The molecule has 0 radical (unpaired) electrons. The van der Waals surface area contributed by atoms with Crippen molar-refractivity contribution in [3.05, 3.63) is 91.0 Å². The minimum atomic E-state index is -5.57. The Balaban J connectivity index is 1.55. The number of hydrogen-bond donors (Lipinski definition) is 0. The molecule has 47 heavy (non-hydrogen) atoms. The molecule has 0 aromatic heterocycles. The van der Waals surface area contributed by atoms with Crippen molar-refractivity contribution in [1.82, 2.24) is 0 Å². The molecule has 0 saturated heterocycles. The maximum absolute atomic E-state index is 15.2. The minimum Gasteiger partial charge on any atom is -0.355 e. The predicted molar refractivity (Wildman–Crippen MR) is 167 cm³/mol. The third-order valence-corrected chi connectivity index (χ3v) is 15.6. The van der Waals surface area contributed by atoms with Gasteiger partial charge in [0.1, 0.15) is 25.9 Å². The van der Waals surface area contributed by atoms with Crippen LogP contribution < -0.4 is 0 Å². The van der Waals surface area contributed by atoms with E-state index < -0.39 is 69.5 Å². The number of benzene rings is 3. The van der Waals surface area contributed by atoms with Crippen molar-refractivity contribution in [2.75, 3.05) is 20.0 Å². The minimum absolute atomic E-state index is 0.220. The molecule has 0 spiro atoms. The molecule has 0 aliphatic heterocycles. The van der Waals surface area contributed by atoms with Gasteiger partial charge in [0.2, 0.25) is 0 Å². The number of halogens is 6. The van der Waals surface area contributed by atoms with Gasteiger partial charge in [0.15, 0.2) is 5.44 Å². The van der Waals surface area contributed by atoms with Gasteiger partial charge in [-0.15, -0.1) is 0 Å². The summed E-state index contributed by atoms with van der Waals surface area (Å²) in [7, 11) is -8.92. The largest absolute Gasteiger partial charge is 0.396 e. The second-order valence-electron chi connectivity index (χ2n) is 13.2. The van der Waals surface area contributed by atoms with Gasteiger partial charge in [0, 0.05) is 14.7 Å². The summed E-state index contributed by atoms with van der Waals surface area (Å²) in [6.45, 7) is -6.26. The van der Waals surface area contributed by atoms with Gasteiger partial charge >= 0.3 is 16.3 Å². The summed E-state index contributed by atoms with van der Waals surface area (Å²) in [6.07, 6.45) is -2.82. The number of hydrogen-bond acceptors (Lipinski definition) is 4. The monoisotopic (exact) mass is 700 g/mol. The van der Waals surface area contributed by atoms with Crippen molar-refractivity contribution in [2.45, 2.75) is 64.5 Å². The van der Waals surface area contributed by atoms with Crippen LogP contribution in [0.2, 0.25) is 0 Å². The van der Waals surface area contributed by atoms with Crippen LogP contribution in [0.4, 0.5) is 26.3 Å². The maximum atomic E-state index is 15.2. The molecule has 2 atom stereocenters. The van der Waals surface area contributed by atoms with Gasteiger partial charge in [-0.25, -0.2) is 3.63 Å². The first-order valence-corrected chi connectivity index (χ1v) is 18.8. The van der Waals surface area contributed by atoms with Gasteiger partial charge in [-0.05, 0) is 102 Å². The Kier molecular flexibility index (Phi) is 9.79. The van der Waals surface area contributed by atoms with Crippen molar-refractivity contribution in [2.24, 2.45) is 35.0 Å². The lowest BCUT2D eigenvalue weighted by molar-refractivity contribution is -0.253. The van der Waals surface area contributed by atoms with E-state index in [-0.39, 0.29) is 11.8 Å². The topological polar surface area (TPSA) is 52.6 Å². The van der Waals surface area contributed by atoms with Gasteiger partial charge in [0.05, 0.1) is 11.5 Å². The van der Waals surface area contributed by atoms with Gasteiger partial charge in [-0.3, -0.25) is 13.2 Å². The number of rotatable bonds is 13. The fourth-order valence-corrected chi connectivity index (χ4v) is 14.1. The standard InChI is InChI=1S/C35H38F6O4S2/c36-21-34(22-37,23-38)32(35(39,40)41)33(44-31-26-17-24-16-25(19-26)20-27(31)18-24)47(42,43)45-46(28-10-4-1-5-11-28,29-12-6-2-7-13-29)30-14-8-3-9-15-30/h1-15,24-27,31-33H,16-23H2. The van der Waals surface area contributed by atoms with Crippen LogP contribution in [0.3, 0.4) is 0 Å². The summed E-state index contributed by atoms with van der Waals surface area (Å²) in [6, 6.07) is 24.7. The summed E-state index contributed by atoms with van der Waals surface area (Å²) in [5.41, 5.74) is -6.29. The first-order valence-electron chi connectivity index (χ1n) is 15.8. The first-order chi connectivity index (χ1) is 22.5. The van der Waals surface area contributed by atoms with Crippen molar-refractivity contribution < 1.29 is 43.1 Å². The molecule has 4 fully saturated rings. The van der Waals surface area contributed by atoms with Crippen molar-refractivity contribution in [1.29, 1.82) is 0 Å². The zero-order chi connectivity index (χ0) is 33.5. The van der Waals surface area contributed by atoms with E-state index in [2.05, 4.69) is 0 Å². The molecule has 3 aromatic rings. The van der Waals surface area contributed by atoms with E-state index in [9.17, 15) is 21.6 Å². The molecule has 3 aromatic carbocycles. The Morgan fingerprint density at radius 2 is 1.02 bits per heavy atom. The second-order valence-corrected chi connectivity index (χ2v) is 17.8. The van der Waals surface area contributed by atoms with E-state index in [1.165, 1.54) is 0 Å². The molecule has 12 heteroatoms. The van der Waals surface area contributed by atoms with Crippen molar-refractivity contribution in [3.8, 4) is 0 Å². The second kappa shape index (κ2) is 13.4. The van der Waals surface area contributed by atoms with E-state index in [1.807, 2.05) is 0 Å². The fourth-order valence-electron chi connectivity index (χ4n) is 8.26. The highest BCUT2D eigenvalue weighted by molar-refractivity contribution is 8.33. The summed E-state index contributed by atoms with van der Waals surface area (Å²) < 4.78 is 131. The van der Waals surface area contributed by atoms with Crippen LogP contribution in [-0.4, -0.2) is 46.2 Å². The maximum Gasteiger partial charge on any atom is 0.396 e. The van der Waals surface area contributed by atoms with Crippen LogP contribution in [-0.2, 0) is 18.5 Å². The molecule has 2 unspecified atom stereocenters. The van der Waals surface area contributed by atoms with Gasteiger partial charge < -0.3 is 4.74 Å². The summed E-state index contributed by atoms with van der Waals surface area (Å²) in [4.78, 5) is 1.06. The molecular formula is C35H38F6O4S2. The molecule has 0 amide bonds. The van der Waals surface area contributed by atoms with Gasteiger partial charge in [-0.1, -0.05) is 54.6 Å². The van der Waals surface area contributed by atoms with E-state index in [1.54, 1.807) is 91.0 Å². The fraction of sp³-hybridized carbons (Fsp3) is 0.486. The Labute approximate surface area is 273 Å². The normalized spacial score (nSPS) is 26.2. The van der Waals surface area contributed by atoms with Crippen LogP contribution in [0.15, 0.2) is 106 Å². The van der Waals surface area contributed by atoms with Crippen LogP contribution >= 0.6 is 10.3 Å². The van der Waals surface area contributed by atoms with Crippen LogP contribution in [0.5, 0.6) is 0 Å². The van der Waals surface area contributed by atoms with Crippen LogP contribution in [0.1, 0.15) is 32.1 Å². The molecule has 4 saturated carbocycles. The Bertz CT molecular complexity index is 1450. The summed E-state index contributed by atoms with van der Waals surface area (Å²) >= 11 is 0. The summed E-state index contributed by atoms with van der Waals surface area (Å²) in [5.74, 6) is -3.09. The first kappa shape index (κ1) is 34.3. The Morgan fingerprint density at radius 3 is 1.36 bits per heavy atom. The van der Waals surface area contributed by atoms with Gasteiger partial charge in [-0.2, -0.15) is 21.6 Å². The zero-order valence-corrected chi connectivity index (χ0v) is 27.2. The highest BCUT2D eigenvalue weighted by Crippen LogP contribution is 2.70. The highest BCUT2D eigenvalue weighted by Gasteiger charge is 2.64. The molecule has 4 bridgehead atoms. The zero-order valence-electron chi connectivity index (χ0n) is 25.6. The Morgan fingerprint density at radius 1 is 0.638 bits per heavy atom.